The Kier molecular flexibility index (Phi) is 7.38. The summed E-state index contributed by atoms with van der Waals surface area (Å²) in [4.78, 5) is 38.7. The number of hydrogen-bond donors (Lipinski definition) is 2. The van der Waals surface area contributed by atoms with Crippen LogP contribution in [0.25, 0.3) is 0 Å². The average Bonchev–Trinajstić information content (AvgIpc) is 3.53. The highest BCUT2D eigenvalue weighted by Gasteiger charge is 2.35. The number of nitrogens with one attached hydrogen (secondary N) is 2. The molecule has 0 bridgehead atoms. The molecule has 0 radical (unpaired) electrons. The molecule has 0 aliphatic carbocycles. The number of ether oxygens (including phenoxy) is 1. The van der Waals surface area contributed by atoms with Gasteiger partial charge in [-0.25, -0.2) is 0 Å². The fraction of sp³-hybridized carbons (Fsp3) is 0.476. The molecular formula is C21H25N5O4S2. The van der Waals surface area contributed by atoms with Gasteiger partial charge in [-0.15, -0.1) is 10.2 Å². The van der Waals surface area contributed by atoms with Crippen molar-refractivity contribution in [2.24, 2.45) is 5.92 Å². The predicted molar refractivity (Wildman–Crippen MR) is 123 cm³/mol. The van der Waals surface area contributed by atoms with E-state index in [0.717, 1.165) is 30.7 Å². The van der Waals surface area contributed by atoms with Crippen LogP contribution in [-0.2, 0) is 19.1 Å². The minimum atomic E-state index is -0.451. The highest BCUT2D eigenvalue weighted by molar-refractivity contribution is 8.01. The lowest BCUT2D eigenvalue weighted by Crippen LogP contribution is -2.32. The summed E-state index contributed by atoms with van der Waals surface area (Å²) in [5, 5.41) is 14.0. The van der Waals surface area contributed by atoms with Gasteiger partial charge in [0, 0.05) is 31.8 Å². The van der Waals surface area contributed by atoms with Gasteiger partial charge in [0.2, 0.25) is 22.9 Å². The van der Waals surface area contributed by atoms with Crippen molar-refractivity contribution in [3.05, 3.63) is 29.8 Å². The van der Waals surface area contributed by atoms with Gasteiger partial charge in [0.25, 0.3) is 0 Å². The number of aryl methyl sites for hydroxylation is 1. The molecule has 2 N–H and O–H groups in total. The van der Waals surface area contributed by atoms with Crippen LogP contribution in [0, 0.1) is 12.8 Å². The minimum Gasteiger partial charge on any atom is -0.376 e. The van der Waals surface area contributed by atoms with Crippen LogP contribution < -0.4 is 15.5 Å². The second kappa shape index (κ2) is 10.4. The molecule has 2 aliphatic rings. The van der Waals surface area contributed by atoms with E-state index in [9.17, 15) is 14.4 Å². The van der Waals surface area contributed by atoms with Crippen LogP contribution in [0.5, 0.6) is 0 Å². The number of carbonyl (C=O) groups is 3. The summed E-state index contributed by atoms with van der Waals surface area (Å²) in [5.74, 6) is -0.649. The average molecular weight is 476 g/mol. The highest BCUT2D eigenvalue weighted by atomic mass is 32.2. The summed E-state index contributed by atoms with van der Waals surface area (Å²) in [6.45, 7) is 3.60. The van der Waals surface area contributed by atoms with Crippen molar-refractivity contribution < 1.29 is 19.1 Å². The Morgan fingerprint density at radius 1 is 1.28 bits per heavy atom. The maximum Gasteiger partial charge on any atom is 0.231 e. The normalized spacial score (nSPS) is 20.5. The first-order valence-corrected chi connectivity index (χ1v) is 12.3. The Labute approximate surface area is 194 Å². The molecule has 2 aliphatic heterocycles. The van der Waals surface area contributed by atoms with Crippen molar-refractivity contribution in [1.82, 2.24) is 15.5 Å². The van der Waals surface area contributed by atoms with Gasteiger partial charge in [0.15, 0.2) is 4.34 Å². The zero-order valence-electron chi connectivity index (χ0n) is 17.7. The van der Waals surface area contributed by atoms with Crippen LogP contribution >= 0.6 is 23.1 Å². The maximum absolute atomic E-state index is 12.6. The first kappa shape index (κ1) is 22.7. The van der Waals surface area contributed by atoms with Gasteiger partial charge in [-0.2, -0.15) is 0 Å². The first-order valence-electron chi connectivity index (χ1n) is 10.5. The topological polar surface area (TPSA) is 114 Å². The van der Waals surface area contributed by atoms with Crippen LogP contribution in [0.2, 0.25) is 0 Å². The third-order valence-electron chi connectivity index (χ3n) is 5.36. The highest BCUT2D eigenvalue weighted by Crippen LogP contribution is 2.28. The fourth-order valence-electron chi connectivity index (χ4n) is 3.59. The molecule has 32 heavy (non-hydrogen) atoms. The third-order valence-corrected chi connectivity index (χ3v) is 7.33. The number of rotatable bonds is 8. The van der Waals surface area contributed by atoms with E-state index in [4.69, 9.17) is 4.74 Å². The van der Waals surface area contributed by atoms with Gasteiger partial charge in [0.1, 0.15) is 0 Å². The lowest BCUT2D eigenvalue weighted by molar-refractivity contribution is -0.122. The summed E-state index contributed by atoms with van der Waals surface area (Å²) in [5.41, 5.74) is 1.91. The van der Waals surface area contributed by atoms with Crippen LogP contribution in [0.3, 0.4) is 0 Å². The molecule has 2 saturated heterocycles. The zero-order chi connectivity index (χ0) is 22.5. The van der Waals surface area contributed by atoms with Gasteiger partial charge in [-0.05, 0) is 31.9 Å². The van der Waals surface area contributed by atoms with E-state index in [1.807, 2.05) is 31.2 Å². The number of carbonyl (C=O) groups excluding carboxylic acids is 3. The maximum atomic E-state index is 12.6. The number of anilines is 2. The van der Waals surface area contributed by atoms with Gasteiger partial charge in [0.05, 0.1) is 17.8 Å². The van der Waals surface area contributed by atoms with Crippen molar-refractivity contribution in [2.75, 3.05) is 35.7 Å². The number of benzene rings is 1. The van der Waals surface area contributed by atoms with E-state index in [2.05, 4.69) is 20.8 Å². The van der Waals surface area contributed by atoms with Gasteiger partial charge < -0.3 is 20.3 Å². The van der Waals surface area contributed by atoms with Crippen molar-refractivity contribution in [1.29, 1.82) is 0 Å². The van der Waals surface area contributed by atoms with E-state index >= 15 is 0 Å². The van der Waals surface area contributed by atoms with E-state index in [0.29, 0.717) is 22.6 Å². The molecule has 3 amide bonds. The summed E-state index contributed by atoms with van der Waals surface area (Å²) >= 11 is 2.48. The molecule has 0 spiro atoms. The quantitative estimate of drug-likeness (QED) is 0.445. The molecule has 1 aromatic heterocycles. The largest absolute Gasteiger partial charge is 0.376 e. The van der Waals surface area contributed by atoms with E-state index in [1.54, 1.807) is 4.90 Å². The standard InChI is InChI=1S/C21H25N5O4S2/c1-13-4-6-15(7-5-13)26-11-14(9-18(26)28)19(29)23-20-24-25-21(32-20)31-12-17(27)22-10-16-3-2-8-30-16/h4-7,14,16H,2-3,8-12H2,1H3,(H,22,27)(H,23,24,29)/t14-,16+/m0/s1. The van der Waals surface area contributed by atoms with Crippen molar-refractivity contribution in [3.8, 4) is 0 Å². The second-order valence-electron chi connectivity index (χ2n) is 7.83. The molecule has 1 aromatic carbocycles. The van der Waals surface area contributed by atoms with Crippen LogP contribution in [0.1, 0.15) is 24.8 Å². The Bertz CT molecular complexity index is 975. The third kappa shape index (κ3) is 5.84. The summed E-state index contributed by atoms with van der Waals surface area (Å²) in [6, 6.07) is 7.66. The van der Waals surface area contributed by atoms with E-state index < -0.39 is 5.92 Å². The Balaban J connectivity index is 1.23. The van der Waals surface area contributed by atoms with Crippen LogP contribution in [0.4, 0.5) is 10.8 Å². The van der Waals surface area contributed by atoms with Gasteiger partial charge in [-0.3, -0.25) is 14.4 Å². The molecule has 0 unspecified atom stereocenters. The fourth-order valence-corrected chi connectivity index (χ4v) is 5.18. The number of amides is 3. The minimum absolute atomic E-state index is 0.0727. The smallest absolute Gasteiger partial charge is 0.231 e. The molecule has 11 heteroatoms. The van der Waals surface area contributed by atoms with Crippen molar-refractivity contribution in [3.63, 3.8) is 0 Å². The molecule has 9 nitrogen and oxygen atoms in total. The number of aromatic nitrogens is 2. The lowest BCUT2D eigenvalue weighted by atomic mass is 10.1. The zero-order valence-corrected chi connectivity index (χ0v) is 19.3. The molecule has 2 atom stereocenters. The molecule has 0 saturated carbocycles. The van der Waals surface area contributed by atoms with Gasteiger partial charge in [-0.1, -0.05) is 40.8 Å². The van der Waals surface area contributed by atoms with Crippen LogP contribution in [-0.4, -0.2) is 59.5 Å². The van der Waals surface area contributed by atoms with E-state index in [-0.39, 0.29) is 36.0 Å². The number of nitrogens with zero attached hydrogens (tertiary/aromatic N) is 3. The molecule has 4 rings (SSSR count). The molecule has 3 heterocycles. The van der Waals surface area contributed by atoms with Crippen molar-refractivity contribution in [2.45, 2.75) is 36.6 Å². The summed E-state index contributed by atoms with van der Waals surface area (Å²) in [6.07, 6.45) is 2.28. The Morgan fingerprint density at radius 3 is 2.84 bits per heavy atom. The second-order valence-corrected chi connectivity index (χ2v) is 10.0. The Morgan fingerprint density at radius 2 is 2.09 bits per heavy atom. The van der Waals surface area contributed by atoms with E-state index in [1.165, 1.54) is 23.1 Å². The Hall–Kier alpha value is -2.50. The molecule has 170 valence electrons. The first-order chi connectivity index (χ1) is 15.5. The van der Waals surface area contributed by atoms with Crippen LogP contribution in [0.15, 0.2) is 28.6 Å². The predicted octanol–water partition coefficient (Wildman–Crippen LogP) is 2.23. The summed E-state index contributed by atoms with van der Waals surface area (Å²) in [7, 11) is 0. The monoisotopic (exact) mass is 475 g/mol. The number of hydrogen-bond acceptors (Lipinski definition) is 8. The SMILES string of the molecule is Cc1ccc(N2C[C@@H](C(=O)Nc3nnc(SCC(=O)NC[C@H]4CCCO4)s3)CC2=O)cc1. The molecule has 2 aromatic rings. The van der Waals surface area contributed by atoms with Crippen molar-refractivity contribution >= 4 is 51.6 Å². The van der Waals surface area contributed by atoms with Gasteiger partial charge >= 0.3 is 0 Å². The molecule has 2 fully saturated rings. The summed E-state index contributed by atoms with van der Waals surface area (Å²) < 4.78 is 6.08. The lowest BCUT2D eigenvalue weighted by Gasteiger charge is -2.16. The number of thioether (sulfide) groups is 1. The molecular weight excluding hydrogens is 450 g/mol.